The second kappa shape index (κ2) is 15.2. The molecule has 0 saturated carbocycles. The monoisotopic (exact) mass is 562 g/mol. The van der Waals surface area contributed by atoms with Gasteiger partial charge in [-0.05, 0) is 77.2 Å². The predicted octanol–water partition coefficient (Wildman–Crippen LogP) is 4.11. The van der Waals surface area contributed by atoms with Crippen LogP contribution in [0, 0.1) is 11.8 Å². The maximum atomic E-state index is 12.6. The molecule has 1 fully saturated rings. The summed E-state index contributed by atoms with van der Waals surface area (Å²) in [6, 6.07) is 0. The number of cyclic esters (lactones) is 1. The Labute approximate surface area is 239 Å². The van der Waals surface area contributed by atoms with Gasteiger partial charge in [-0.3, -0.25) is 4.79 Å². The fraction of sp³-hybridized carbons (Fsp3) is 0.688. The smallest absolute Gasteiger partial charge is 0.333 e. The van der Waals surface area contributed by atoms with E-state index >= 15 is 0 Å². The minimum Gasteiger partial charge on any atom is -0.459 e. The van der Waals surface area contributed by atoms with Gasteiger partial charge in [-0.1, -0.05) is 50.3 Å². The minimum atomic E-state index is -1.71. The van der Waals surface area contributed by atoms with E-state index in [1.54, 1.807) is 34.6 Å². The highest BCUT2D eigenvalue weighted by molar-refractivity contribution is 5.87. The van der Waals surface area contributed by atoms with E-state index in [9.17, 15) is 30.0 Å². The number of Topliss-reactive ketones (excluding diaryl/α,β-unsaturated/α-hetero) is 1. The molecule has 0 aliphatic carbocycles. The first kappa shape index (κ1) is 34.1. The number of hydrogen-bond donors (Lipinski definition) is 4. The molecule has 0 aromatic heterocycles. The first-order chi connectivity index (χ1) is 18.6. The van der Waals surface area contributed by atoms with E-state index < -0.39 is 54.1 Å². The highest BCUT2D eigenvalue weighted by Gasteiger charge is 2.37. The topological polar surface area (TPSA) is 137 Å². The van der Waals surface area contributed by atoms with Crippen LogP contribution in [0.4, 0.5) is 0 Å². The van der Waals surface area contributed by atoms with E-state index in [4.69, 9.17) is 9.47 Å². The number of ether oxygens (including phenoxy) is 2. The molecule has 1 saturated heterocycles. The number of carbonyl (C=O) groups is 2. The Morgan fingerprint density at radius 3 is 2.38 bits per heavy atom. The first-order valence-corrected chi connectivity index (χ1v) is 14.5. The lowest BCUT2D eigenvalue weighted by Gasteiger charge is -2.29. The second-order valence-electron chi connectivity index (χ2n) is 12.2. The Balaban J connectivity index is 2.15. The fourth-order valence-electron chi connectivity index (χ4n) is 5.21. The Bertz CT molecular complexity index is 977. The van der Waals surface area contributed by atoms with Crippen molar-refractivity contribution < 1.29 is 39.5 Å². The van der Waals surface area contributed by atoms with Gasteiger partial charge >= 0.3 is 5.97 Å². The van der Waals surface area contributed by atoms with Crippen LogP contribution < -0.4 is 0 Å². The largest absolute Gasteiger partial charge is 0.459 e. The quantitative estimate of drug-likeness (QED) is 0.197. The second-order valence-corrected chi connectivity index (χ2v) is 12.2. The molecule has 8 nitrogen and oxygen atoms in total. The maximum absolute atomic E-state index is 12.6. The van der Waals surface area contributed by atoms with E-state index in [1.165, 1.54) is 0 Å². The van der Waals surface area contributed by atoms with Gasteiger partial charge in [-0.25, -0.2) is 4.79 Å². The van der Waals surface area contributed by atoms with Crippen LogP contribution in [0.5, 0.6) is 0 Å². The predicted molar refractivity (Wildman–Crippen MR) is 154 cm³/mol. The van der Waals surface area contributed by atoms with Gasteiger partial charge in [0.1, 0.15) is 12.2 Å². The lowest BCUT2D eigenvalue weighted by molar-refractivity contribution is -0.146. The molecule has 0 aromatic rings. The molecule has 0 radical (unpaired) electrons. The molecule has 0 bridgehead atoms. The summed E-state index contributed by atoms with van der Waals surface area (Å²) in [5, 5.41) is 42.6. The number of fused-ring (bicyclic) bond motifs is 1. The SMILES string of the molecule is C=C1/C=C(\C)[C@](C)(O)C[C@H](O)CC(=O)[C@@H](O)[C@@H](O)[C@H](C)C[C@H](C)OC(=O)/C(C)=C/CC/C=C/[C@@H]2O[C@H]2C[C@H](C)C1. The summed E-state index contributed by atoms with van der Waals surface area (Å²) in [5.74, 6) is -1.40. The number of aliphatic hydroxyl groups is 4. The van der Waals surface area contributed by atoms with E-state index in [0.29, 0.717) is 23.5 Å². The van der Waals surface area contributed by atoms with Gasteiger partial charge in [0.05, 0.1) is 30.0 Å². The van der Waals surface area contributed by atoms with Gasteiger partial charge in [-0.2, -0.15) is 0 Å². The van der Waals surface area contributed by atoms with Gasteiger partial charge in [0.25, 0.3) is 0 Å². The standard InChI is InChI=1S/C32H50O8/c1-19-13-20(2)15-28-27(40-28)12-10-8-9-11-21(3)31(37)39-24(6)16-22(4)29(35)30(36)26(34)17-25(33)18-32(7,38)23(5)14-19/h10-12,14,20,22,24-25,27-30,33,35-36,38H,1,8-9,13,15-18H2,2-7H3/b12-10+,21-11+,23-14+/t20-,22-,24+,25-,27+,28+,29+,30-,32-/m1/s1. The normalized spacial score (nSPS) is 42.0. The van der Waals surface area contributed by atoms with E-state index in [1.807, 2.05) is 12.2 Å². The summed E-state index contributed by atoms with van der Waals surface area (Å²) in [6.45, 7) is 14.7. The molecule has 8 heteroatoms. The van der Waals surface area contributed by atoms with Crippen molar-refractivity contribution in [3.05, 3.63) is 47.6 Å². The van der Waals surface area contributed by atoms with Gasteiger partial charge in [0.15, 0.2) is 5.78 Å². The summed E-state index contributed by atoms with van der Waals surface area (Å²) in [7, 11) is 0. The third-order valence-electron chi connectivity index (χ3n) is 7.89. The molecule has 0 spiro atoms. The zero-order chi connectivity index (χ0) is 30.2. The average molecular weight is 563 g/mol. The summed E-state index contributed by atoms with van der Waals surface area (Å²) >= 11 is 0. The Morgan fingerprint density at radius 1 is 1.02 bits per heavy atom. The van der Waals surface area contributed by atoms with E-state index in [0.717, 1.165) is 24.8 Å². The molecule has 0 aromatic carbocycles. The zero-order valence-electron chi connectivity index (χ0n) is 25.0. The number of carbonyl (C=O) groups excluding carboxylic acids is 2. The fourth-order valence-corrected chi connectivity index (χ4v) is 5.21. The molecule has 226 valence electrons. The van der Waals surface area contributed by atoms with E-state index in [-0.39, 0.29) is 25.0 Å². The molecule has 2 aliphatic heterocycles. The molecule has 0 amide bonds. The number of aliphatic hydroxyl groups excluding tert-OH is 3. The molecular weight excluding hydrogens is 512 g/mol. The van der Waals surface area contributed by atoms with Crippen molar-refractivity contribution >= 4 is 11.8 Å². The molecule has 40 heavy (non-hydrogen) atoms. The number of ketones is 1. The number of allylic oxidation sites excluding steroid dienone is 4. The zero-order valence-corrected chi connectivity index (χ0v) is 25.0. The Hall–Kier alpha value is -2.10. The Morgan fingerprint density at radius 2 is 1.70 bits per heavy atom. The lowest BCUT2D eigenvalue weighted by atomic mass is 9.85. The van der Waals surface area contributed by atoms with Crippen molar-refractivity contribution in [2.24, 2.45) is 11.8 Å². The number of rotatable bonds is 0. The number of epoxide rings is 1. The molecule has 4 N–H and O–H groups in total. The molecule has 2 rings (SSSR count). The van der Waals surface area contributed by atoms with Gasteiger partial charge in [0, 0.05) is 18.4 Å². The van der Waals surface area contributed by atoms with Crippen molar-refractivity contribution in [2.75, 3.05) is 0 Å². The first-order valence-electron chi connectivity index (χ1n) is 14.5. The van der Waals surface area contributed by atoms with E-state index in [2.05, 4.69) is 25.7 Å². The van der Waals surface area contributed by atoms with Crippen LogP contribution in [0.15, 0.2) is 47.6 Å². The van der Waals surface area contributed by atoms with Crippen molar-refractivity contribution in [3.63, 3.8) is 0 Å². The summed E-state index contributed by atoms with van der Waals surface area (Å²) in [5.41, 5.74) is 0.569. The Kier molecular flexibility index (Phi) is 13.0. The van der Waals surface area contributed by atoms with Crippen molar-refractivity contribution in [1.29, 1.82) is 0 Å². The third kappa shape index (κ3) is 11.1. The van der Waals surface area contributed by atoms with Crippen LogP contribution in [-0.2, 0) is 19.1 Å². The molecule has 2 aliphatic rings. The van der Waals surface area contributed by atoms with Crippen LogP contribution in [0.2, 0.25) is 0 Å². The highest BCUT2D eigenvalue weighted by Crippen LogP contribution is 2.33. The van der Waals surface area contributed by atoms with Gasteiger partial charge in [-0.15, -0.1) is 0 Å². The van der Waals surface area contributed by atoms with Crippen LogP contribution in [0.1, 0.15) is 86.5 Å². The molecular formula is C32H50O8. The van der Waals surface area contributed by atoms with Crippen molar-refractivity contribution in [2.45, 2.75) is 129 Å². The van der Waals surface area contributed by atoms with Crippen molar-refractivity contribution in [3.8, 4) is 0 Å². The van der Waals surface area contributed by atoms with Crippen LogP contribution in [0.3, 0.4) is 0 Å². The van der Waals surface area contributed by atoms with Crippen LogP contribution in [0.25, 0.3) is 0 Å². The minimum absolute atomic E-state index is 0.100. The molecule has 2 heterocycles. The third-order valence-corrected chi connectivity index (χ3v) is 7.89. The molecule has 9 atom stereocenters. The average Bonchev–Trinajstić information content (AvgIpc) is 3.58. The summed E-state index contributed by atoms with van der Waals surface area (Å²) < 4.78 is 11.3. The van der Waals surface area contributed by atoms with Crippen LogP contribution in [-0.4, -0.2) is 74.4 Å². The van der Waals surface area contributed by atoms with Gasteiger partial charge in [0.2, 0.25) is 0 Å². The van der Waals surface area contributed by atoms with Gasteiger partial charge < -0.3 is 29.9 Å². The lowest BCUT2D eigenvalue weighted by Crippen LogP contribution is -2.41. The maximum Gasteiger partial charge on any atom is 0.333 e. The summed E-state index contributed by atoms with van der Waals surface area (Å²) in [4.78, 5) is 25.1. The summed E-state index contributed by atoms with van der Waals surface area (Å²) in [6.07, 6.45) is 5.95. The van der Waals surface area contributed by atoms with Crippen LogP contribution >= 0.6 is 0 Å². The highest BCUT2D eigenvalue weighted by atomic mass is 16.6. The number of hydrogen-bond acceptors (Lipinski definition) is 8. The van der Waals surface area contributed by atoms with Crippen molar-refractivity contribution in [1.82, 2.24) is 0 Å². The number of esters is 1. The molecule has 0 unspecified atom stereocenters.